The second-order valence-electron chi connectivity index (χ2n) is 6.40. The lowest BCUT2D eigenvalue weighted by Gasteiger charge is -2.24. The van der Waals surface area contributed by atoms with Gasteiger partial charge >= 0.3 is 0 Å². The van der Waals surface area contributed by atoms with Crippen LogP contribution >= 0.6 is 11.6 Å². The molecule has 3 rings (SSSR count). The minimum atomic E-state index is -0.548. The van der Waals surface area contributed by atoms with Gasteiger partial charge in [-0.1, -0.05) is 54.1 Å². The number of hydrogen-bond acceptors (Lipinski definition) is 3. The average Bonchev–Trinajstić information content (AvgIpc) is 3.13. The van der Waals surface area contributed by atoms with Crippen molar-refractivity contribution in [3.05, 3.63) is 70.7 Å². The quantitative estimate of drug-likeness (QED) is 0.792. The van der Waals surface area contributed by atoms with Crippen LogP contribution in [0, 0.1) is 5.92 Å². The monoisotopic (exact) mass is 345 g/mol. The van der Waals surface area contributed by atoms with Gasteiger partial charge in [-0.15, -0.1) is 0 Å². The van der Waals surface area contributed by atoms with E-state index in [1.165, 1.54) is 5.56 Å². The molecular weight excluding hydrogens is 322 g/mol. The van der Waals surface area contributed by atoms with Crippen LogP contribution < -0.4 is 5.32 Å². The number of benzene rings is 2. The summed E-state index contributed by atoms with van der Waals surface area (Å²) >= 11 is 5.91. The molecule has 3 atom stereocenters. The first-order chi connectivity index (χ1) is 11.7. The standard InChI is InChI=1S/C20H24ClNO2/c21-18-8-6-17(7-9-18)20(23)13-22-19(12-15-10-11-24-14-15)16-4-2-1-3-5-16/h1-9,15,19-20,22-23H,10-14H2. The number of halogens is 1. The number of hydrogen-bond donors (Lipinski definition) is 2. The van der Waals surface area contributed by atoms with E-state index in [2.05, 4.69) is 29.6 Å². The van der Waals surface area contributed by atoms with E-state index >= 15 is 0 Å². The highest BCUT2D eigenvalue weighted by Gasteiger charge is 2.22. The Balaban J connectivity index is 1.63. The molecule has 0 saturated carbocycles. The van der Waals surface area contributed by atoms with Gasteiger partial charge in [0.05, 0.1) is 6.10 Å². The van der Waals surface area contributed by atoms with Crippen molar-refractivity contribution in [1.82, 2.24) is 5.32 Å². The smallest absolute Gasteiger partial charge is 0.0914 e. The second-order valence-corrected chi connectivity index (χ2v) is 6.84. The van der Waals surface area contributed by atoms with Gasteiger partial charge in [0.25, 0.3) is 0 Å². The summed E-state index contributed by atoms with van der Waals surface area (Å²) in [5.74, 6) is 0.579. The Morgan fingerprint density at radius 2 is 1.83 bits per heavy atom. The minimum absolute atomic E-state index is 0.222. The fourth-order valence-corrected chi connectivity index (χ4v) is 3.31. The third kappa shape index (κ3) is 4.81. The van der Waals surface area contributed by atoms with Gasteiger partial charge in [0, 0.05) is 30.8 Å². The summed E-state index contributed by atoms with van der Waals surface area (Å²) in [5.41, 5.74) is 2.13. The Morgan fingerprint density at radius 3 is 2.50 bits per heavy atom. The Morgan fingerprint density at radius 1 is 1.08 bits per heavy atom. The summed E-state index contributed by atoms with van der Waals surface area (Å²) < 4.78 is 5.51. The maximum absolute atomic E-state index is 10.4. The summed E-state index contributed by atoms with van der Waals surface area (Å²) in [4.78, 5) is 0. The van der Waals surface area contributed by atoms with Crippen molar-refractivity contribution < 1.29 is 9.84 Å². The first kappa shape index (κ1) is 17.4. The van der Waals surface area contributed by atoms with Crippen molar-refractivity contribution in [3.63, 3.8) is 0 Å². The van der Waals surface area contributed by atoms with Crippen molar-refractivity contribution in [1.29, 1.82) is 0 Å². The van der Waals surface area contributed by atoms with Gasteiger partial charge in [-0.2, -0.15) is 0 Å². The first-order valence-corrected chi connectivity index (χ1v) is 8.90. The molecular formula is C20H24ClNO2. The Hall–Kier alpha value is -1.39. The van der Waals surface area contributed by atoms with Crippen LogP contribution in [0.1, 0.15) is 36.1 Å². The van der Waals surface area contributed by atoms with Crippen LogP contribution in [0.4, 0.5) is 0 Å². The zero-order valence-corrected chi connectivity index (χ0v) is 14.5. The summed E-state index contributed by atoms with van der Waals surface area (Å²) in [7, 11) is 0. The largest absolute Gasteiger partial charge is 0.387 e. The molecule has 128 valence electrons. The van der Waals surface area contributed by atoms with Crippen molar-refractivity contribution in [2.45, 2.75) is 25.0 Å². The van der Waals surface area contributed by atoms with Gasteiger partial charge < -0.3 is 15.2 Å². The second kappa shape index (κ2) is 8.63. The molecule has 2 aromatic carbocycles. The lowest BCUT2D eigenvalue weighted by atomic mass is 9.94. The number of aliphatic hydroxyl groups excluding tert-OH is 1. The molecule has 1 heterocycles. The summed E-state index contributed by atoms with van der Waals surface area (Å²) in [6, 6.07) is 18.0. The molecule has 0 aromatic heterocycles. The maximum atomic E-state index is 10.4. The topological polar surface area (TPSA) is 41.5 Å². The highest BCUT2D eigenvalue weighted by molar-refractivity contribution is 6.30. The van der Waals surface area contributed by atoms with E-state index < -0.39 is 6.10 Å². The van der Waals surface area contributed by atoms with E-state index in [0.717, 1.165) is 31.6 Å². The fraction of sp³-hybridized carbons (Fsp3) is 0.400. The molecule has 1 aliphatic heterocycles. The minimum Gasteiger partial charge on any atom is -0.387 e. The van der Waals surface area contributed by atoms with Gasteiger partial charge in [0.2, 0.25) is 0 Å². The molecule has 4 heteroatoms. The summed E-state index contributed by atoms with van der Waals surface area (Å²) in [5, 5.41) is 14.7. The van der Waals surface area contributed by atoms with Gasteiger partial charge in [-0.3, -0.25) is 0 Å². The molecule has 3 unspecified atom stereocenters. The predicted octanol–water partition coefficient (Wildman–Crippen LogP) is 4.13. The lowest BCUT2D eigenvalue weighted by molar-refractivity contribution is 0.162. The molecule has 0 radical (unpaired) electrons. The average molecular weight is 346 g/mol. The number of nitrogens with one attached hydrogen (secondary N) is 1. The van der Waals surface area contributed by atoms with E-state index in [1.807, 2.05) is 30.3 Å². The van der Waals surface area contributed by atoms with Crippen molar-refractivity contribution in [2.24, 2.45) is 5.92 Å². The number of ether oxygens (including phenoxy) is 1. The van der Waals surface area contributed by atoms with E-state index in [1.54, 1.807) is 0 Å². The predicted molar refractivity (Wildman–Crippen MR) is 97.1 cm³/mol. The molecule has 2 N–H and O–H groups in total. The molecule has 0 bridgehead atoms. The van der Waals surface area contributed by atoms with E-state index in [-0.39, 0.29) is 6.04 Å². The molecule has 24 heavy (non-hydrogen) atoms. The third-order valence-electron chi connectivity index (χ3n) is 4.61. The van der Waals surface area contributed by atoms with E-state index in [0.29, 0.717) is 17.5 Å². The van der Waals surface area contributed by atoms with E-state index in [4.69, 9.17) is 16.3 Å². The molecule has 2 aromatic rings. The van der Waals surface area contributed by atoms with Crippen LogP contribution in [-0.4, -0.2) is 24.9 Å². The molecule has 3 nitrogen and oxygen atoms in total. The summed E-state index contributed by atoms with van der Waals surface area (Å²) in [6.07, 6.45) is 1.59. The Labute approximate surface area is 148 Å². The fourth-order valence-electron chi connectivity index (χ4n) is 3.18. The summed E-state index contributed by atoms with van der Waals surface area (Å²) in [6.45, 7) is 2.21. The van der Waals surface area contributed by atoms with Crippen LogP contribution in [0.25, 0.3) is 0 Å². The molecule has 1 saturated heterocycles. The Bertz CT molecular complexity index is 611. The van der Waals surface area contributed by atoms with Gasteiger partial charge in [-0.25, -0.2) is 0 Å². The molecule has 0 spiro atoms. The van der Waals surface area contributed by atoms with E-state index in [9.17, 15) is 5.11 Å². The molecule has 1 aliphatic rings. The molecule has 1 fully saturated rings. The first-order valence-electron chi connectivity index (χ1n) is 8.52. The van der Waals surface area contributed by atoms with Crippen molar-refractivity contribution in [2.75, 3.05) is 19.8 Å². The van der Waals surface area contributed by atoms with Crippen LogP contribution in [0.5, 0.6) is 0 Å². The van der Waals surface area contributed by atoms with Crippen LogP contribution in [0.2, 0.25) is 5.02 Å². The number of rotatable bonds is 7. The SMILES string of the molecule is OC(CNC(CC1CCOC1)c1ccccc1)c1ccc(Cl)cc1. The van der Waals surface area contributed by atoms with Gasteiger partial charge in [0.1, 0.15) is 0 Å². The molecule has 0 aliphatic carbocycles. The van der Waals surface area contributed by atoms with Crippen molar-refractivity contribution >= 4 is 11.6 Å². The molecule has 0 amide bonds. The van der Waals surface area contributed by atoms with Gasteiger partial charge in [-0.05, 0) is 42.0 Å². The zero-order valence-electron chi connectivity index (χ0n) is 13.7. The highest BCUT2D eigenvalue weighted by Crippen LogP contribution is 2.27. The lowest BCUT2D eigenvalue weighted by Crippen LogP contribution is -2.28. The number of aliphatic hydroxyl groups is 1. The van der Waals surface area contributed by atoms with Crippen LogP contribution in [0.15, 0.2) is 54.6 Å². The maximum Gasteiger partial charge on any atom is 0.0914 e. The normalized spacial score (nSPS) is 20.0. The van der Waals surface area contributed by atoms with Crippen LogP contribution in [0.3, 0.4) is 0 Å². The highest BCUT2D eigenvalue weighted by atomic mass is 35.5. The Kier molecular flexibility index (Phi) is 6.27. The van der Waals surface area contributed by atoms with Crippen molar-refractivity contribution in [3.8, 4) is 0 Å². The third-order valence-corrected chi connectivity index (χ3v) is 4.86. The van der Waals surface area contributed by atoms with Crippen LogP contribution in [-0.2, 0) is 4.74 Å². The van der Waals surface area contributed by atoms with Gasteiger partial charge in [0.15, 0.2) is 0 Å². The zero-order chi connectivity index (χ0) is 16.8.